The van der Waals surface area contributed by atoms with Crippen LogP contribution in [0.5, 0.6) is 0 Å². The zero-order valence-electron chi connectivity index (χ0n) is 19.7. The maximum absolute atomic E-state index is 12.9. The molecule has 7 nitrogen and oxygen atoms in total. The van der Waals surface area contributed by atoms with Crippen LogP contribution in [0.1, 0.15) is 29.8 Å². The first-order valence-corrected chi connectivity index (χ1v) is 12.6. The lowest BCUT2D eigenvalue weighted by Crippen LogP contribution is -2.39. The number of hydrogen-bond acceptors (Lipinski definition) is 6. The second-order valence-corrected chi connectivity index (χ2v) is 11.1. The van der Waals surface area contributed by atoms with E-state index < -0.39 is 20.2 Å². The Balaban J connectivity index is 1.51. The van der Waals surface area contributed by atoms with Crippen molar-refractivity contribution in [3.63, 3.8) is 0 Å². The molecule has 3 aromatic rings. The van der Waals surface area contributed by atoms with Gasteiger partial charge < -0.3 is 10.2 Å². The van der Waals surface area contributed by atoms with Gasteiger partial charge in [-0.05, 0) is 61.9 Å². The van der Waals surface area contributed by atoms with Gasteiger partial charge in [0, 0.05) is 42.4 Å². The molecule has 11 heteroatoms. The summed E-state index contributed by atoms with van der Waals surface area (Å²) in [4.78, 5) is 20.3. The first-order valence-electron chi connectivity index (χ1n) is 11.1. The maximum Gasteiger partial charge on any atom is 0.501 e. The lowest BCUT2D eigenvalue weighted by Gasteiger charge is -2.30. The Bertz CT molecular complexity index is 1340. The number of anilines is 2. The highest BCUT2D eigenvalue weighted by atomic mass is 32.2. The van der Waals surface area contributed by atoms with Crippen molar-refractivity contribution in [3.05, 3.63) is 84.2 Å². The maximum atomic E-state index is 12.9. The number of aromatic nitrogens is 1. The molecule has 1 aliphatic rings. The molecule has 1 fully saturated rings. The normalized spacial score (nSPS) is 16.2. The largest absolute Gasteiger partial charge is 0.501 e. The average Bonchev–Trinajstić information content (AvgIpc) is 3.13. The van der Waals surface area contributed by atoms with E-state index in [0.717, 1.165) is 17.7 Å². The van der Waals surface area contributed by atoms with Crippen LogP contribution in [0.25, 0.3) is 0 Å². The fourth-order valence-corrected chi connectivity index (χ4v) is 4.87. The summed E-state index contributed by atoms with van der Waals surface area (Å²) >= 11 is 0. The first-order chi connectivity index (χ1) is 16.9. The standard InChI is InChI=1S/C25H25F3N4O3S/c1-24(2)16-31(20-8-10-21(11-9-20)36(34,35)25(26,27)28)17-32(24)15-18-12-13-29-14-22(18)23(33)30-19-6-4-3-5-7-19/h3-14H,15-17H2,1-2H3,(H,30,33). The van der Waals surface area contributed by atoms with Gasteiger partial charge >= 0.3 is 5.51 Å². The van der Waals surface area contributed by atoms with Crippen molar-refractivity contribution in [1.29, 1.82) is 0 Å². The Hall–Kier alpha value is -3.44. The fourth-order valence-electron chi connectivity index (χ4n) is 4.11. The van der Waals surface area contributed by atoms with Crippen molar-refractivity contribution < 1.29 is 26.4 Å². The molecule has 2 heterocycles. The average molecular weight is 519 g/mol. The first kappa shape index (κ1) is 25.6. The Morgan fingerprint density at radius 2 is 1.72 bits per heavy atom. The summed E-state index contributed by atoms with van der Waals surface area (Å²) in [6.07, 6.45) is 3.14. The molecule has 1 amide bonds. The van der Waals surface area contributed by atoms with Gasteiger partial charge in [-0.2, -0.15) is 13.2 Å². The van der Waals surface area contributed by atoms with Crippen LogP contribution in [0.2, 0.25) is 0 Å². The van der Waals surface area contributed by atoms with Crippen molar-refractivity contribution in [1.82, 2.24) is 9.88 Å². The number of benzene rings is 2. The zero-order chi connectivity index (χ0) is 26.1. The smallest absolute Gasteiger partial charge is 0.357 e. The van der Waals surface area contributed by atoms with Gasteiger partial charge in [-0.15, -0.1) is 0 Å². The molecule has 1 aromatic heterocycles. The Kier molecular flexibility index (Phi) is 6.80. The number of halogens is 3. The quantitative estimate of drug-likeness (QED) is 0.510. The number of carbonyl (C=O) groups excluding carboxylic acids is 1. The van der Waals surface area contributed by atoms with Gasteiger partial charge in [0.05, 0.1) is 17.1 Å². The van der Waals surface area contributed by atoms with Gasteiger partial charge in [0.15, 0.2) is 0 Å². The number of nitrogens with one attached hydrogen (secondary N) is 1. The Labute approximate surface area is 207 Å². The van der Waals surface area contributed by atoms with Crippen molar-refractivity contribution >= 4 is 27.1 Å². The van der Waals surface area contributed by atoms with Crippen LogP contribution in [0.3, 0.4) is 0 Å². The summed E-state index contributed by atoms with van der Waals surface area (Å²) in [5.41, 5.74) is -3.20. The van der Waals surface area contributed by atoms with E-state index in [2.05, 4.69) is 15.2 Å². The van der Waals surface area contributed by atoms with Crippen LogP contribution < -0.4 is 10.2 Å². The summed E-state index contributed by atoms with van der Waals surface area (Å²) in [5.74, 6) is -0.278. The number of alkyl halides is 3. The summed E-state index contributed by atoms with van der Waals surface area (Å²) < 4.78 is 61.9. The van der Waals surface area contributed by atoms with Crippen LogP contribution >= 0.6 is 0 Å². The molecule has 0 radical (unpaired) electrons. The fraction of sp³-hybridized carbons (Fsp3) is 0.280. The Morgan fingerprint density at radius 1 is 1.06 bits per heavy atom. The molecule has 190 valence electrons. The SMILES string of the molecule is CC1(C)CN(c2ccc(S(=O)(=O)C(F)(F)F)cc2)CN1Cc1ccncc1C(=O)Nc1ccccc1. The summed E-state index contributed by atoms with van der Waals surface area (Å²) in [6, 6.07) is 15.6. The minimum Gasteiger partial charge on any atom is -0.357 e. The third-order valence-electron chi connectivity index (χ3n) is 6.14. The highest BCUT2D eigenvalue weighted by Gasteiger charge is 2.47. The summed E-state index contributed by atoms with van der Waals surface area (Å²) in [7, 11) is -5.40. The number of sulfone groups is 1. The number of nitrogens with zero attached hydrogens (tertiary/aromatic N) is 3. The molecule has 1 N–H and O–H groups in total. The molecule has 0 atom stereocenters. The highest BCUT2D eigenvalue weighted by Crippen LogP contribution is 2.34. The van der Waals surface area contributed by atoms with Gasteiger partial charge in [-0.25, -0.2) is 8.42 Å². The van der Waals surface area contributed by atoms with Gasteiger partial charge in [-0.3, -0.25) is 14.7 Å². The van der Waals surface area contributed by atoms with Crippen molar-refractivity contribution in [3.8, 4) is 0 Å². The minimum absolute atomic E-state index is 0.278. The molecule has 1 aliphatic heterocycles. The topological polar surface area (TPSA) is 82.6 Å². The van der Waals surface area contributed by atoms with Crippen molar-refractivity contribution in [2.75, 3.05) is 23.4 Å². The van der Waals surface area contributed by atoms with E-state index in [4.69, 9.17) is 0 Å². The molecule has 4 rings (SSSR count). The van der Waals surface area contributed by atoms with Crippen LogP contribution in [-0.2, 0) is 16.4 Å². The number of amides is 1. The van der Waals surface area contributed by atoms with E-state index in [1.807, 2.05) is 36.9 Å². The minimum atomic E-state index is -5.40. The molecule has 0 unspecified atom stereocenters. The molecular formula is C25H25F3N4O3S. The van der Waals surface area contributed by atoms with Crippen molar-refractivity contribution in [2.45, 2.75) is 36.3 Å². The molecule has 1 saturated heterocycles. The van der Waals surface area contributed by atoms with Gasteiger partial charge in [0.25, 0.3) is 15.7 Å². The molecular weight excluding hydrogens is 493 g/mol. The number of pyridine rings is 1. The third-order valence-corrected chi connectivity index (χ3v) is 7.64. The second-order valence-electron chi connectivity index (χ2n) is 9.15. The lowest BCUT2D eigenvalue weighted by atomic mass is 10.0. The molecule has 0 saturated carbocycles. The van der Waals surface area contributed by atoms with Crippen LogP contribution in [0.4, 0.5) is 24.5 Å². The molecule has 0 bridgehead atoms. The van der Waals surface area contributed by atoms with E-state index in [0.29, 0.717) is 36.7 Å². The van der Waals surface area contributed by atoms with Gasteiger partial charge in [-0.1, -0.05) is 18.2 Å². The molecule has 0 aliphatic carbocycles. The summed E-state index contributed by atoms with van der Waals surface area (Å²) in [5, 5.41) is 2.87. The summed E-state index contributed by atoms with van der Waals surface area (Å²) in [6.45, 7) is 5.47. The third kappa shape index (κ3) is 5.21. The van der Waals surface area contributed by atoms with Crippen LogP contribution in [0.15, 0.2) is 78.0 Å². The molecule has 2 aromatic carbocycles. The van der Waals surface area contributed by atoms with Crippen molar-refractivity contribution in [2.24, 2.45) is 0 Å². The van der Waals surface area contributed by atoms with E-state index in [1.54, 1.807) is 24.4 Å². The van der Waals surface area contributed by atoms with E-state index in [9.17, 15) is 26.4 Å². The van der Waals surface area contributed by atoms with E-state index >= 15 is 0 Å². The Morgan fingerprint density at radius 3 is 2.36 bits per heavy atom. The van der Waals surface area contributed by atoms with E-state index in [-0.39, 0.29) is 11.4 Å². The van der Waals surface area contributed by atoms with Crippen LogP contribution in [0, 0.1) is 0 Å². The molecule has 36 heavy (non-hydrogen) atoms. The predicted octanol–water partition coefficient (Wildman–Crippen LogP) is 4.69. The number of para-hydroxylation sites is 1. The van der Waals surface area contributed by atoms with Crippen LogP contribution in [-0.4, -0.2) is 48.5 Å². The number of rotatable bonds is 6. The zero-order valence-corrected chi connectivity index (χ0v) is 20.5. The number of hydrogen-bond donors (Lipinski definition) is 1. The highest BCUT2D eigenvalue weighted by molar-refractivity contribution is 7.92. The predicted molar refractivity (Wildman–Crippen MR) is 130 cm³/mol. The van der Waals surface area contributed by atoms with Gasteiger partial charge in [0.1, 0.15) is 0 Å². The number of carbonyl (C=O) groups is 1. The monoisotopic (exact) mass is 518 g/mol. The lowest BCUT2D eigenvalue weighted by molar-refractivity contribution is -0.0436. The van der Waals surface area contributed by atoms with Gasteiger partial charge in [0.2, 0.25) is 0 Å². The van der Waals surface area contributed by atoms with E-state index in [1.165, 1.54) is 18.3 Å². The molecule has 0 spiro atoms. The second kappa shape index (κ2) is 9.55.